The Hall–Kier alpha value is -1.86. The fourth-order valence-corrected chi connectivity index (χ4v) is 0.783. The molecule has 4 nitrogen and oxygen atoms in total. The first-order valence-corrected chi connectivity index (χ1v) is 3.56. The molecule has 1 rings (SSSR count). The van der Waals surface area contributed by atoms with Gasteiger partial charge < -0.3 is 4.74 Å². The molecule has 1 aromatic heterocycles. The van der Waals surface area contributed by atoms with E-state index in [0.29, 0.717) is 0 Å². The maximum Gasteiger partial charge on any atom is 0.574 e. The van der Waals surface area contributed by atoms with Gasteiger partial charge in [-0.25, -0.2) is 9.78 Å². The van der Waals surface area contributed by atoms with Gasteiger partial charge in [0.2, 0.25) is 5.88 Å². The summed E-state index contributed by atoms with van der Waals surface area (Å²) in [5.41, 5.74) is -0.498. The summed E-state index contributed by atoms with van der Waals surface area (Å²) in [4.78, 5) is 13.2. The second kappa shape index (κ2) is 4.11. The molecule has 1 N–H and O–H groups in total. The number of hydrogen-bond donors (Lipinski definition) is 1. The van der Waals surface area contributed by atoms with E-state index in [-0.39, 0.29) is 0 Å². The molecule has 0 aliphatic rings. The maximum atomic E-state index is 11.9. The van der Waals surface area contributed by atoms with Gasteiger partial charge >= 0.3 is 12.5 Å². The van der Waals surface area contributed by atoms with Gasteiger partial charge in [-0.3, -0.25) is 5.32 Å². The second-order valence-electron chi connectivity index (χ2n) is 2.30. The molecule has 0 unspecified atom stereocenters. The Balaban J connectivity index is 2.91. The van der Waals surface area contributed by atoms with Crippen molar-refractivity contribution in [3.8, 4) is 5.88 Å². The van der Waals surface area contributed by atoms with Gasteiger partial charge in [-0.2, -0.15) is 0 Å². The van der Waals surface area contributed by atoms with Crippen LogP contribution < -0.4 is 10.1 Å². The van der Waals surface area contributed by atoms with Gasteiger partial charge in [0.1, 0.15) is 5.69 Å². The Kier molecular flexibility index (Phi) is 3.08. The number of carbonyl (C=O) groups excluding carboxylic acids is 1. The number of halogens is 4. The summed E-state index contributed by atoms with van der Waals surface area (Å²) in [6.07, 6.45) is -5.95. The van der Waals surface area contributed by atoms with Gasteiger partial charge in [0.05, 0.1) is 0 Å². The fraction of sp³-hybridized carbons (Fsp3) is 0.143. The highest BCUT2D eigenvalue weighted by molar-refractivity contribution is 5.85. The molecule has 15 heavy (non-hydrogen) atoms. The molecule has 0 saturated heterocycles. The number of aromatic nitrogens is 1. The zero-order valence-electron chi connectivity index (χ0n) is 7.01. The zero-order valence-corrected chi connectivity index (χ0v) is 7.01. The molecule has 0 spiro atoms. The van der Waals surface area contributed by atoms with Crippen molar-refractivity contribution in [1.29, 1.82) is 0 Å². The maximum absolute atomic E-state index is 11.9. The van der Waals surface area contributed by atoms with E-state index in [1.54, 1.807) is 0 Å². The van der Waals surface area contributed by atoms with Crippen molar-refractivity contribution in [3.05, 3.63) is 18.3 Å². The normalized spacial score (nSPS) is 10.9. The van der Waals surface area contributed by atoms with Crippen molar-refractivity contribution in [1.82, 2.24) is 4.98 Å². The topological polar surface area (TPSA) is 51.2 Å². The molecule has 0 aliphatic carbocycles. The van der Waals surface area contributed by atoms with Crippen LogP contribution in [0.1, 0.15) is 0 Å². The number of carbonyl (C=O) groups is 1. The van der Waals surface area contributed by atoms with Gasteiger partial charge in [-0.05, 0) is 12.1 Å². The van der Waals surface area contributed by atoms with Crippen molar-refractivity contribution in [2.45, 2.75) is 6.36 Å². The molecule has 1 heterocycles. The third-order valence-electron chi connectivity index (χ3n) is 1.22. The van der Waals surface area contributed by atoms with Crippen LogP contribution in [0.3, 0.4) is 0 Å². The molecule has 0 aliphatic heterocycles. The molecule has 8 heteroatoms. The lowest BCUT2D eigenvalue weighted by Gasteiger charge is -2.10. The Morgan fingerprint density at radius 3 is 2.67 bits per heavy atom. The predicted molar refractivity (Wildman–Crippen MR) is 41.0 cm³/mol. The number of alkyl halides is 3. The average molecular weight is 224 g/mol. The number of anilines is 1. The van der Waals surface area contributed by atoms with Gasteiger partial charge in [-0.15, -0.1) is 17.6 Å². The summed E-state index contributed by atoms with van der Waals surface area (Å²) in [7, 11) is 0. The van der Waals surface area contributed by atoms with Gasteiger partial charge in [-0.1, -0.05) is 0 Å². The quantitative estimate of drug-likeness (QED) is 0.477. The smallest absolute Gasteiger partial charge is 0.386 e. The van der Waals surface area contributed by atoms with Crippen molar-refractivity contribution < 1.29 is 27.1 Å². The van der Waals surface area contributed by atoms with E-state index in [1.165, 1.54) is 11.4 Å². The van der Waals surface area contributed by atoms with E-state index in [9.17, 15) is 22.4 Å². The van der Waals surface area contributed by atoms with Crippen LogP contribution in [0.15, 0.2) is 18.3 Å². The summed E-state index contributed by atoms with van der Waals surface area (Å²) in [6.45, 7) is 0. The minimum atomic E-state index is -4.95. The van der Waals surface area contributed by atoms with Crippen LogP contribution in [0.5, 0.6) is 5.88 Å². The number of nitrogens with one attached hydrogen (secondary N) is 1. The lowest BCUT2D eigenvalue weighted by Crippen LogP contribution is -2.19. The molecule has 0 aromatic carbocycles. The SMILES string of the molecule is O=C(F)Nc1cccnc1OC(F)(F)F. The molecule has 0 bridgehead atoms. The minimum Gasteiger partial charge on any atom is -0.386 e. The first-order valence-electron chi connectivity index (χ1n) is 3.56. The van der Waals surface area contributed by atoms with E-state index in [4.69, 9.17) is 0 Å². The van der Waals surface area contributed by atoms with Crippen LogP contribution in [0, 0.1) is 0 Å². The molecule has 0 saturated carbocycles. The van der Waals surface area contributed by atoms with Crippen molar-refractivity contribution >= 4 is 11.8 Å². The third kappa shape index (κ3) is 3.79. The molecule has 1 aromatic rings. The largest absolute Gasteiger partial charge is 0.574 e. The molecular formula is C7H4F4N2O2. The van der Waals surface area contributed by atoms with Crippen LogP contribution in [0.2, 0.25) is 0 Å². The summed E-state index contributed by atoms with van der Waals surface area (Å²) < 4.78 is 50.7. The van der Waals surface area contributed by atoms with Crippen LogP contribution >= 0.6 is 0 Å². The van der Waals surface area contributed by atoms with Crippen LogP contribution in [-0.4, -0.2) is 17.5 Å². The number of amides is 1. The van der Waals surface area contributed by atoms with Crippen molar-refractivity contribution in [2.75, 3.05) is 5.32 Å². The molecular weight excluding hydrogens is 220 g/mol. The van der Waals surface area contributed by atoms with Crippen LogP contribution in [-0.2, 0) is 0 Å². The number of nitrogens with zero attached hydrogens (tertiary/aromatic N) is 1. The number of rotatable bonds is 2. The van der Waals surface area contributed by atoms with Crippen LogP contribution in [0.25, 0.3) is 0 Å². The Labute approximate surface area is 80.9 Å². The number of pyridine rings is 1. The zero-order chi connectivity index (χ0) is 11.5. The Morgan fingerprint density at radius 2 is 2.13 bits per heavy atom. The van der Waals surface area contributed by atoms with Gasteiger partial charge in [0.15, 0.2) is 0 Å². The summed E-state index contributed by atoms with van der Waals surface area (Å²) in [6, 6.07) is 2.24. The third-order valence-corrected chi connectivity index (χ3v) is 1.22. The first-order chi connectivity index (χ1) is 6.88. The van der Waals surface area contributed by atoms with E-state index in [2.05, 4.69) is 9.72 Å². The number of ether oxygens (including phenoxy) is 1. The summed E-state index contributed by atoms with van der Waals surface area (Å²) in [5, 5.41) is 1.50. The Morgan fingerprint density at radius 1 is 1.47 bits per heavy atom. The van der Waals surface area contributed by atoms with Crippen LogP contribution in [0.4, 0.5) is 28.0 Å². The lowest BCUT2D eigenvalue weighted by molar-refractivity contribution is -0.275. The van der Waals surface area contributed by atoms with Crippen molar-refractivity contribution in [3.63, 3.8) is 0 Å². The predicted octanol–water partition coefficient (Wildman–Crippen LogP) is 2.48. The van der Waals surface area contributed by atoms with Gasteiger partial charge in [0, 0.05) is 6.20 Å². The van der Waals surface area contributed by atoms with E-state index < -0.39 is 24.1 Å². The highest BCUT2D eigenvalue weighted by atomic mass is 19.4. The van der Waals surface area contributed by atoms with E-state index >= 15 is 0 Å². The molecule has 0 radical (unpaired) electrons. The first kappa shape index (κ1) is 11.2. The molecule has 0 fully saturated rings. The van der Waals surface area contributed by atoms with Gasteiger partial charge in [0.25, 0.3) is 0 Å². The molecule has 0 atom stereocenters. The lowest BCUT2D eigenvalue weighted by atomic mass is 10.4. The van der Waals surface area contributed by atoms with E-state index in [1.807, 2.05) is 0 Å². The summed E-state index contributed by atoms with van der Waals surface area (Å²) >= 11 is 0. The highest BCUT2D eigenvalue weighted by Gasteiger charge is 2.33. The fourth-order valence-electron chi connectivity index (χ4n) is 0.783. The standard InChI is InChI=1S/C7H4F4N2O2/c8-6(14)13-4-2-1-3-12-5(4)15-7(9,10)11/h1-3H,(H,13,14). The minimum absolute atomic E-state index is 0.498. The Bertz CT molecular complexity index is 366. The monoisotopic (exact) mass is 224 g/mol. The molecule has 82 valence electrons. The average Bonchev–Trinajstić information content (AvgIpc) is 2.05. The van der Waals surface area contributed by atoms with Crippen molar-refractivity contribution in [2.24, 2.45) is 0 Å². The summed E-state index contributed by atoms with van der Waals surface area (Å²) in [5.74, 6) is -0.920. The highest BCUT2D eigenvalue weighted by Crippen LogP contribution is 2.27. The van der Waals surface area contributed by atoms with E-state index in [0.717, 1.165) is 12.3 Å². The number of hydrogen-bond acceptors (Lipinski definition) is 3. The molecule has 1 amide bonds. The second-order valence-corrected chi connectivity index (χ2v) is 2.30.